The number of H-pyrrole nitrogens is 1. The first-order valence-electron chi connectivity index (χ1n) is 3.77. The second-order valence-corrected chi connectivity index (χ2v) is 3.44. The minimum Gasteiger partial charge on any atom is -0.466 e. The van der Waals surface area contributed by atoms with E-state index < -0.39 is 0 Å². The van der Waals surface area contributed by atoms with Crippen LogP contribution in [0.1, 0.15) is 17.6 Å². The van der Waals surface area contributed by atoms with Gasteiger partial charge < -0.3 is 15.1 Å². The number of aromatic amines is 1. The molecule has 4 nitrogen and oxygen atoms in total. The number of nitrogens with one attached hydrogen (secondary N) is 1. The monoisotopic (exact) mass is 241 g/mol. The van der Waals surface area contributed by atoms with E-state index in [-0.39, 0.29) is 6.04 Å². The molecule has 2 heterocycles. The largest absolute Gasteiger partial charge is 0.466 e. The Morgan fingerprint density at radius 2 is 2.46 bits per heavy atom. The predicted molar refractivity (Wildman–Crippen MR) is 51.0 cm³/mol. The van der Waals surface area contributed by atoms with Crippen molar-refractivity contribution in [3.8, 4) is 0 Å². The van der Waals surface area contributed by atoms with Crippen molar-refractivity contribution >= 4 is 15.9 Å². The van der Waals surface area contributed by atoms with Crippen molar-refractivity contribution in [2.75, 3.05) is 0 Å². The van der Waals surface area contributed by atoms with E-state index in [1.807, 2.05) is 0 Å². The third kappa shape index (κ3) is 1.52. The average Bonchev–Trinajstić information content (AvgIpc) is 2.72. The molecule has 1 unspecified atom stereocenters. The highest BCUT2D eigenvalue weighted by Gasteiger charge is 2.17. The lowest BCUT2D eigenvalue weighted by Gasteiger charge is -2.05. The second kappa shape index (κ2) is 3.35. The second-order valence-electron chi connectivity index (χ2n) is 2.58. The van der Waals surface area contributed by atoms with E-state index >= 15 is 0 Å². The summed E-state index contributed by atoms with van der Waals surface area (Å²) >= 11 is 3.34. The number of nitrogens with zero attached hydrogens (tertiary/aromatic N) is 1. The maximum absolute atomic E-state index is 5.89. The summed E-state index contributed by atoms with van der Waals surface area (Å²) in [7, 11) is 0. The van der Waals surface area contributed by atoms with E-state index in [1.165, 1.54) is 0 Å². The number of furan rings is 1. The molecule has 2 aromatic heterocycles. The van der Waals surface area contributed by atoms with Crippen LogP contribution in [0.25, 0.3) is 0 Å². The Labute approximate surface area is 83.3 Å². The van der Waals surface area contributed by atoms with Gasteiger partial charge in [-0.05, 0) is 22.0 Å². The molecule has 0 aliphatic heterocycles. The molecule has 0 bridgehead atoms. The zero-order valence-electron chi connectivity index (χ0n) is 6.70. The lowest BCUT2D eigenvalue weighted by Crippen LogP contribution is -2.13. The van der Waals surface area contributed by atoms with E-state index in [1.54, 1.807) is 24.7 Å². The topological polar surface area (TPSA) is 67.8 Å². The van der Waals surface area contributed by atoms with Gasteiger partial charge in [-0.1, -0.05) is 0 Å². The van der Waals surface area contributed by atoms with Crippen LogP contribution in [-0.2, 0) is 0 Å². The van der Waals surface area contributed by atoms with Crippen LogP contribution in [0.15, 0.2) is 33.6 Å². The van der Waals surface area contributed by atoms with Crippen LogP contribution in [0.4, 0.5) is 0 Å². The fourth-order valence-corrected chi connectivity index (χ4v) is 1.55. The number of halogens is 1. The van der Waals surface area contributed by atoms with Crippen LogP contribution in [0.2, 0.25) is 0 Å². The number of imidazole rings is 1. The first-order valence-corrected chi connectivity index (χ1v) is 4.56. The van der Waals surface area contributed by atoms with Crippen LogP contribution in [0, 0.1) is 0 Å². The molecule has 0 spiro atoms. The summed E-state index contributed by atoms with van der Waals surface area (Å²) < 4.78 is 6.08. The molecular weight excluding hydrogens is 234 g/mol. The van der Waals surface area contributed by atoms with Gasteiger partial charge in [-0.2, -0.15) is 0 Å². The van der Waals surface area contributed by atoms with Gasteiger partial charge in [-0.25, -0.2) is 4.98 Å². The van der Waals surface area contributed by atoms with Crippen LogP contribution in [-0.4, -0.2) is 9.97 Å². The van der Waals surface area contributed by atoms with Crippen molar-refractivity contribution in [3.63, 3.8) is 0 Å². The molecule has 5 heteroatoms. The van der Waals surface area contributed by atoms with Gasteiger partial charge in [0.15, 0.2) is 0 Å². The molecule has 0 fully saturated rings. The molecule has 13 heavy (non-hydrogen) atoms. The maximum atomic E-state index is 5.89. The molecule has 2 aromatic rings. The Morgan fingerprint density at radius 3 is 3.00 bits per heavy atom. The van der Waals surface area contributed by atoms with E-state index in [9.17, 15) is 0 Å². The molecular formula is C8H8BrN3O. The fraction of sp³-hybridized carbons (Fsp3) is 0.125. The smallest absolute Gasteiger partial charge is 0.142 e. The molecule has 2 rings (SSSR count). The first-order chi connectivity index (χ1) is 6.29. The highest BCUT2D eigenvalue weighted by Crippen LogP contribution is 2.25. The Kier molecular flexibility index (Phi) is 2.20. The van der Waals surface area contributed by atoms with Crippen molar-refractivity contribution in [2.45, 2.75) is 6.04 Å². The quantitative estimate of drug-likeness (QED) is 0.843. The summed E-state index contributed by atoms with van der Waals surface area (Å²) in [5.41, 5.74) is 5.89. The molecule has 0 radical (unpaired) electrons. The van der Waals surface area contributed by atoms with Crippen molar-refractivity contribution in [3.05, 3.63) is 40.8 Å². The van der Waals surface area contributed by atoms with Crippen LogP contribution in [0.5, 0.6) is 0 Å². The molecule has 0 saturated heterocycles. The summed E-state index contributed by atoms with van der Waals surface area (Å²) in [4.78, 5) is 6.99. The number of hydrogen-bond acceptors (Lipinski definition) is 3. The normalized spacial score (nSPS) is 13.1. The van der Waals surface area contributed by atoms with Gasteiger partial charge >= 0.3 is 0 Å². The van der Waals surface area contributed by atoms with E-state index in [0.29, 0.717) is 11.6 Å². The molecule has 0 amide bonds. The van der Waals surface area contributed by atoms with Crippen molar-refractivity contribution in [1.82, 2.24) is 9.97 Å². The number of nitrogens with two attached hydrogens (primary N) is 1. The SMILES string of the molecule is NC(c1ncc[nH]1)c1occc1Br. The Hall–Kier alpha value is -1.07. The first kappa shape index (κ1) is 8.52. The summed E-state index contributed by atoms with van der Waals surface area (Å²) in [5.74, 6) is 1.37. The van der Waals surface area contributed by atoms with Gasteiger partial charge in [-0.3, -0.25) is 0 Å². The van der Waals surface area contributed by atoms with Gasteiger partial charge in [-0.15, -0.1) is 0 Å². The zero-order chi connectivity index (χ0) is 9.26. The highest BCUT2D eigenvalue weighted by atomic mass is 79.9. The predicted octanol–water partition coefficient (Wildman–Crippen LogP) is 1.81. The van der Waals surface area contributed by atoms with Gasteiger partial charge in [0.1, 0.15) is 17.6 Å². The van der Waals surface area contributed by atoms with Gasteiger partial charge in [0.2, 0.25) is 0 Å². The van der Waals surface area contributed by atoms with Crippen molar-refractivity contribution in [1.29, 1.82) is 0 Å². The van der Waals surface area contributed by atoms with Gasteiger partial charge in [0, 0.05) is 12.4 Å². The highest BCUT2D eigenvalue weighted by molar-refractivity contribution is 9.10. The zero-order valence-corrected chi connectivity index (χ0v) is 8.28. The Morgan fingerprint density at radius 1 is 1.62 bits per heavy atom. The fourth-order valence-electron chi connectivity index (χ4n) is 1.10. The van der Waals surface area contributed by atoms with E-state index in [0.717, 1.165) is 4.47 Å². The molecule has 0 saturated carbocycles. The molecule has 3 N–H and O–H groups in total. The minimum absolute atomic E-state index is 0.348. The number of aromatic nitrogens is 2. The van der Waals surface area contributed by atoms with E-state index in [4.69, 9.17) is 10.2 Å². The molecule has 0 aliphatic carbocycles. The Bertz CT molecular complexity index is 382. The molecule has 0 aliphatic rings. The van der Waals surface area contributed by atoms with Crippen LogP contribution in [0.3, 0.4) is 0 Å². The lowest BCUT2D eigenvalue weighted by atomic mass is 10.2. The molecule has 1 atom stereocenters. The van der Waals surface area contributed by atoms with Crippen LogP contribution >= 0.6 is 15.9 Å². The Balaban J connectivity index is 2.33. The van der Waals surface area contributed by atoms with Gasteiger partial charge in [0.05, 0.1) is 10.7 Å². The summed E-state index contributed by atoms with van der Waals surface area (Å²) in [6.45, 7) is 0. The van der Waals surface area contributed by atoms with Crippen LogP contribution < -0.4 is 5.73 Å². The lowest BCUT2D eigenvalue weighted by molar-refractivity contribution is 0.481. The third-order valence-corrected chi connectivity index (χ3v) is 2.40. The van der Waals surface area contributed by atoms with Crippen molar-refractivity contribution in [2.24, 2.45) is 5.73 Å². The third-order valence-electron chi connectivity index (χ3n) is 1.74. The molecule has 68 valence electrons. The maximum Gasteiger partial charge on any atom is 0.142 e. The summed E-state index contributed by atoms with van der Waals surface area (Å²) in [5, 5.41) is 0. The number of hydrogen-bond donors (Lipinski definition) is 2. The van der Waals surface area contributed by atoms with E-state index in [2.05, 4.69) is 25.9 Å². The standard InChI is InChI=1S/C8H8BrN3O/c9-5-1-4-13-7(5)6(10)8-11-2-3-12-8/h1-4,6H,10H2,(H,11,12). The summed E-state index contributed by atoms with van der Waals surface area (Å²) in [6, 6.07) is 1.46. The average molecular weight is 242 g/mol. The number of rotatable bonds is 2. The van der Waals surface area contributed by atoms with Crippen molar-refractivity contribution < 1.29 is 4.42 Å². The molecule has 0 aromatic carbocycles. The van der Waals surface area contributed by atoms with Gasteiger partial charge in [0.25, 0.3) is 0 Å². The minimum atomic E-state index is -0.348. The summed E-state index contributed by atoms with van der Waals surface area (Å²) in [6.07, 6.45) is 4.97.